The maximum Gasteiger partial charge on any atom is 0.265 e. The number of hydrogen-bond donors (Lipinski definition) is 1. The van der Waals surface area contributed by atoms with Crippen molar-refractivity contribution in [2.45, 2.75) is 13.8 Å². The van der Waals surface area contributed by atoms with Gasteiger partial charge in [-0.15, -0.1) is 0 Å². The minimum Gasteiger partial charge on any atom is -0.466 e. The van der Waals surface area contributed by atoms with Crippen LogP contribution in [0.2, 0.25) is 0 Å². The van der Waals surface area contributed by atoms with Crippen molar-refractivity contribution in [1.29, 1.82) is 0 Å². The number of furan rings is 1. The van der Waals surface area contributed by atoms with Gasteiger partial charge in [-0.05, 0) is 37.5 Å². The average Bonchev–Trinajstić information content (AvgIpc) is 3.36. The van der Waals surface area contributed by atoms with Crippen LogP contribution >= 0.6 is 11.5 Å². The molecule has 2 atom stereocenters. The van der Waals surface area contributed by atoms with Crippen LogP contribution in [0.25, 0.3) is 0 Å². The Labute approximate surface area is 155 Å². The Kier molecular flexibility index (Phi) is 4.11. The van der Waals surface area contributed by atoms with Gasteiger partial charge in [0.25, 0.3) is 11.8 Å². The number of amides is 2. The normalized spacial score (nSPS) is 25.0. The molecular formula is C18H21N3O4S. The van der Waals surface area contributed by atoms with Gasteiger partial charge >= 0.3 is 0 Å². The third-order valence-corrected chi connectivity index (χ3v) is 6.30. The Morgan fingerprint density at radius 1 is 1.31 bits per heavy atom. The van der Waals surface area contributed by atoms with Crippen LogP contribution in [0.15, 0.2) is 22.7 Å². The third kappa shape index (κ3) is 2.64. The molecule has 4 heterocycles. The lowest BCUT2D eigenvalue weighted by Crippen LogP contribution is -2.40. The predicted molar refractivity (Wildman–Crippen MR) is 95.1 cm³/mol. The largest absolute Gasteiger partial charge is 0.466 e. The second-order valence-corrected chi connectivity index (χ2v) is 8.13. The Balaban J connectivity index is 1.51. The maximum atomic E-state index is 12.9. The fourth-order valence-corrected chi connectivity index (χ4v) is 4.77. The molecule has 0 radical (unpaired) electrons. The monoisotopic (exact) mass is 375 g/mol. The van der Waals surface area contributed by atoms with Gasteiger partial charge < -0.3 is 19.3 Å². The molecule has 0 aliphatic carbocycles. The third-order valence-electron chi connectivity index (χ3n) is 5.57. The van der Waals surface area contributed by atoms with Crippen LogP contribution in [0.5, 0.6) is 0 Å². The number of fused-ring (bicyclic) bond motifs is 1. The van der Waals surface area contributed by atoms with Gasteiger partial charge in [-0.25, -0.2) is 4.37 Å². The van der Waals surface area contributed by atoms with Gasteiger partial charge in [0.2, 0.25) is 0 Å². The molecule has 2 aromatic rings. The van der Waals surface area contributed by atoms with Crippen molar-refractivity contribution < 1.29 is 19.1 Å². The summed E-state index contributed by atoms with van der Waals surface area (Å²) < 4.78 is 9.46. The fourth-order valence-electron chi connectivity index (χ4n) is 4.21. The van der Waals surface area contributed by atoms with E-state index >= 15 is 0 Å². The van der Waals surface area contributed by atoms with E-state index in [0.29, 0.717) is 48.1 Å². The molecule has 2 aliphatic rings. The van der Waals surface area contributed by atoms with Crippen LogP contribution < -0.4 is 0 Å². The van der Waals surface area contributed by atoms with Crippen LogP contribution in [-0.2, 0) is 0 Å². The highest BCUT2D eigenvalue weighted by Gasteiger charge is 2.54. The molecule has 2 amide bonds. The quantitative estimate of drug-likeness (QED) is 0.880. The number of likely N-dealkylation sites (tertiary alicyclic amines) is 2. The first kappa shape index (κ1) is 17.2. The molecule has 8 heteroatoms. The lowest BCUT2D eigenvalue weighted by atomic mass is 9.82. The summed E-state index contributed by atoms with van der Waals surface area (Å²) in [5.74, 6) is 1.28. The summed E-state index contributed by atoms with van der Waals surface area (Å²) >= 11 is 1.18. The van der Waals surface area contributed by atoms with E-state index in [1.165, 1.54) is 11.5 Å². The molecule has 2 unspecified atom stereocenters. The summed E-state index contributed by atoms with van der Waals surface area (Å²) in [4.78, 5) is 29.6. The van der Waals surface area contributed by atoms with E-state index in [0.717, 1.165) is 0 Å². The first-order valence-electron chi connectivity index (χ1n) is 8.60. The Morgan fingerprint density at radius 3 is 2.50 bits per heavy atom. The van der Waals surface area contributed by atoms with Gasteiger partial charge in [0.1, 0.15) is 16.4 Å². The Bertz CT molecular complexity index is 847. The van der Waals surface area contributed by atoms with Crippen molar-refractivity contribution in [3.05, 3.63) is 40.3 Å². The molecule has 138 valence electrons. The zero-order chi connectivity index (χ0) is 18.5. The molecule has 0 spiro atoms. The van der Waals surface area contributed by atoms with Crippen LogP contribution in [-0.4, -0.2) is 63.9 Å². The molecule has 1 N–H and O–H groups in total. The second kappa shape index (κ2) is 6.21. The van der Waals surface area contributed by atoms with Gasteiger partial charge in [0.05, 0.1) is 12.2 Å². The van der Waals surface area contributed by atoms with Crippen molar-refractivity contribution in [2.24, 2.45) is 11.3 Å². The first-order chi connectivity index (χ1) is 12.4. The van der Waals surface area contributed by atoms with Gasteiger partial charge in [-0.2, -0.15) is 0 Å². The lowest BCUT2D eigenvalue weighted by Gasteiger charge is -2.27. The SMILES string of the molecule is Cc1cc(C(=O)N2CC3CN(C(=O)c4ccns4)CC3(CO)C2)c(C)o1. The summed E-state index contributed by atoms with van der Waals surface area (Å²) in [6.07, 6.45) is 1.62. The highest BCUT2D eigenvalue weighted by Crippen LogP contribution is 2.43. The van der Waals surface area contributed by atoms with E-state index in [2.05, 4.69) is 4.37 Å². The van der Waals surface area contributed by atoms with Crippen molar-refractivity contribution in [3.63, 3.8) is 0 Å². The van der Waals surface area contributed by atoms with Gasteiger partial charge in [0, 0.05) is 43.7 Å². The number of carbonyl (C=O) groups excluding carboxylic acids is 2. The van der Waals surface area contributed by atoms with Crippen LogP contribution in [0.4, 0.5) is 0 Å². The summed E-state index contributed by atoms with van der Waals surface area (Å²) in [6, 6.07) is 3.48. The molecule has 2 aliphatic heterocycles. The molecule has 4 rings (SSSR count). The molecule has 0 saturated carbocycles. The highest BCUT2D eigenvalue weighted by atomic mass is 32.1. The molecule has 7 nitrogen and oxygen atoms in total. The summed E-state index contributed by atoms with van der Waals surface area (Å²) in [5.41, 5.74) is 0.121. The van der Waals surface area contributed by atoms with E-state index in [9.17, 15) is 14.7 Å². The topological polar surface area (TPSA) is 86.9 Å². The van der Waals surface area contributed by atoms with E-state index in [1.807, 2.05) is 6.92 Å². The first-order valence-corrected chi connectivity index (χ1v) is 9.38. The number of carbonyl (C=O) groups is 2. The van der Waals surface area contributed by atoms with Gasteiger partial charge in [-0.1, -0.05) is 0 Å². The summed E-state index contributed by atoms with van der Waals surface area (Å²) in [5, 5.41) is 10.1. The highest BCUT2D eigenvalue weighted by molar-refractivity contribution is 7.08. The van der Waals surface area contributed by atoms with Gasteiger partial charge in [0.15, 0.2) is 0 Å². The zero-order valence-electron chi connectivity index (χ0n) is 14.8. The van der Waals surface area contributed by atoms with Crippen LogP contribution in [0.3, 0.4) is 0 Å². The minimum atomic E-state index is -0.456. The fraction of sp³-hybridized carbons (Fsp3) is 0.500. The van der Waals surface area contributed by atoms with Crippen molar-refractivity contribution in [1.82, 2.24) is 14.2 Å². The molecule has 0 aromatic carbocycles. The van der Waals surface area contributed by atoms with Crippen molar-refractivity contribution in [2.75, 3.05) is 32.8 Å². The number of aliphatic hydroxyl groups is 1. The summed E-state index contributed by atoms with van der Waals surface area (Å²) in [6.45, 7) is 5.55. The maximum absolute atomic E-state index is 12.9. The number of aryl methyl sites for hydroxylation is 2. The average molecular weight is 375 g/mol. The second-order valence-electron chi connectivity index (χ2n) is 7.29. The molecule has 2 saturated heterocycles. The Hall–Kier alpha value is -2.19. The standard InChI is InChI=1S/C18H21N3O4S/c1-11-5-14(12(2)25-11)16(23)20-6-13-7-21(9-18(13,8-20)10-22)17(24)15-3-4-19-26-15/h3-5,13,22H,6-10H2,1-2H3. The predicted octanol–water partition coefficient (Wildman–Crippen LogP) is 1.56. The van der Waals surface area contributed by atoms with E-state index in [1.54, 1.807) is 35.1 Å². The number of aromatic nitrogens is 1. The van der Waals surface area contributed by atoms with Crippen molar-refractivity contribution >= 4 is 23.3 Å². The van der Waals surface area contributed by atoms with Crippen LogP contribution in [0, 0.1) is 25.2 Å². The smallest absolute Gasteiger partial charge is 0.265 e. The number of hydrogen-bond acceptors (Lipinski definition) is 6. The van der Waals surface area contributed by atoms with Crippen LogP contribution in [0.1, 0.15) is 31.6 Å². The number of nitrogens with zero attached hydrogens (tertiary/aromatic N) is 3. The van der Waals surface area contributed by atoms with Gasteiger partial charge in [-0.3, -0.25) is 9.59 Å². The number of aliphatic hydroxyl groups excluding tert-OH is 1. The zero-order valence-corrected chi connectivity index (χ0v) is 15.6. The number of rotatable bonds is 3. The molecule has 2 aromatic heterocycles. The molecule has 26 heavy (non-hydrogen) atoms. The van der Waals surface area contributed by atoms with E-state index in [-0.39, 0.29) is 24.3 Å². The lowest BCUT2D eigenvalue weighted by molar-refractivity contribution is 0.0668. The molecular weight excluding hydrogens is 354 g/mol. The van der Waals surface area contributed by atoms with E-state index < -0.39 is 5.41 Å². The summed E-state index contributed by atoms with van der Waals surface area (Å²) in [7, 11) is 0. The van der Waals surface area contributed by atoms with Crippen molar-refractivity contribution in [3.8, 4) is 0 Å². The molecule has 2 fully saturated rings. The Morgan fingerprint density at radius 2 is 2.00 bits per heavy atom. The minimum absolute atomic E-state index is 0.0443. The van der Waals surface area contributed by atoms with E-state index in [4.69, 9.17) is 4.42 Å². The molecule has 0 bridgehead atoms.